The highest BCUT2D eigenvalue weighted by Crippen LogP contribution is 2.43. The zero-order valence-electron chi connectivity index (χ0n) is 19.2. The Labute approximate surface area is 216 Å². The van der Waals surface area contributed by atoms with Crippen LogP contribution in [0.2, 0.25) is 10.0 Å². The fourth-order valence-corrected chi connectivity index (χ4v) is 4.89. The molecule has 36 heavy (non-hydrogen) atoms. The molecule has 0 bridgehead atoms. The van der Waals surface area contributed by atoms with Gasteiger partial charge in [-0.3, -0.25) is 14.6 Å². The molecule has 0 fully saturated rings. The first-order valence-corrected chi connectivity index (χ1v) is 11.9. The quantitative estimate of drug-likeness (QED) is 0.532. The summed E-state index contributed by atoms with van der Waals surface area (Å²) >= 11 is 12.1. The molecule has 2 aliphatic rings. The lowest BCUT2D eigenvalue weighted by atomic mass is 9.73. The summed E-state index contributed by atoms with van der Waals surface area (Å²) in [7, 11) is 0. The Morgan fingerprint density at radius 3 is 2.58 bits per heavy atom. The summed E-state index contributed by atoms with van der Waals surface area (Å²) in [5.74, 6) is -1.59. The van der Waals surface area contributed by atoms with E-state index in [1.54, 1.807) is 55.5 Å². The summed E-state index contributed by atoms with van der Waals surface area (Å²) < 4.78 is 40.8. The summed E-state index contributed by atoms with van der Waals surface area (Å²) in [5, 5.41) is 3.16. The van der Waals surface area contributed by atoms with Gasteiger partial charge in [0.15, 0.2) is 0 Å². The first-order valence-electron chi connectivity index (χ1n) is 11.1. The third-order valence-electron chi connectivity index (χ3n) is 6.10. The van der Waals surface area contributed by atoms with Gasteiger partial charge in [0.2, 0.25) is 12.1 Å². The number of nitrogens with one attached hydrogen (secondary N) is 1. The molecule has 5 nitrogen and oxygen atoms in total. The van der Waals surface area contributed by atoms with Crippen LogP contribution >= 0.6 is 23.2 Å². The number of alkyl halides is 3. The largest absolute Gasteiger partial charge is 0.406 e. The minimum Gasteiger partial charge on any atom is -0.326 e. The molecule has 1 heterocycles. The molecule has 4 rings (SSSR count). The maximum atomic E-state index is 13.6. The van der Waals surface area contributed by atoms with E-state index in [0.717, 1.165) is 0 Å². The minimum absolute atomic E-state index is 0.174. The first-order chi connectivity index (χ1) is 17.0. The number of aliphatic imine (C=N–C) groups is 1. The van der Waals surface area contributed by atoms with Gasteiger partial charge in [-0.05, 0) is 42.7 Å². The van der Waals surface area contributed by atoms with Gasteiger partial charge in [0.05, 0.1) is 17.5 Å². The third kappa shape index (κ3) is 5.50. The van der Waals surface area contributed by atoms with Crippen molar-refractivity contribution in [3.05, 3.63) is 93.6 Å². The van der Waals surface area contributed by atoms with Crippen LogP contribution in [0.25, 0.3) is 0 Å². The van der Waals surface area contributed by atoms with Crippen LogP contribution in [0.4, 0.5) is 13.2 Å². The lowest BCUT2D eigenvalue weighted by Crippen LogP contribution is -2.50. The topological polar surface area (TPSA) is 61.8 Å². The van der Waals surface area contributed by atoms with Crippen molar-refractivity contribution in [3.63, 3.8) is 0 Å². The number of rotatable bonds is 5. The monoisotopic (exact) mass is 535 g/mol. The Morgan fingerprint density at radius 2 is 1.92 bits per heavy atom. The van der Waals surface area contributed by atoms with E-state index in [1.807, 2.05) is 6.08 Å². The fraction of sp³-hybridized carbons (Fsp3) is 0.269. The van der Waals surface area contributed by atoms with Crippen LogP contribution in [0, 0.1) is 5.41 Å². The molecule has 0 radical (unpaired) electrons. The number of carbonyl (C=O) groups excluding carboxylic acids is 2. The van der Waals surface area contributed by atoms with Crippen LogP contribution in [0.15, 0.2) is 77.4 Å². The van der Waals surface area contributed by atoms with Gasteiger partial charge in [-0.2, -0.15) is 13.2 Å². The fourth-order valence-electron chi connectivity index (χ4n) is 4.42. The Morgan fingerprint density at radius 1 is 1.19 bits per heavy atom. The molecule has 0 aromatic heterocycles. The van der Waals surface area contributed by atoms with Crippen molar-refractivity contribution in [1.29, 1.82) is 0 Å². The maximum absolute atomic E-state index is 13.6. The molecule has 2 aromatic rings. The van der Waals surface area contributed by atoms with E-state index in [0.29, 0.717) is 33.2 Å². The zero-order valence-corrected chi connectivity index (χ0v) is 20.7. The van der Waals surface area contributed by atoms with Crippen molar-refractivity contribution in [2.45, 2.75) is 32.1 Å². The number of fused-ring (bicyclic) bond motifs is 1. The van der Waals surface area contributed by atoms with Crippen molar-refractivity contribution in [2.75, 3.05) is 6.54 Å². The predicted molar refractivity (Wildman–Crippen MR) is 133 cm³/mol. The number of allylic oxidation sites excluding steroid dienone is 4. The van der Waals surface area contributed by atoms with Gasteiger partial charge in [0, 0.05) is 15.7 Å². The number of hydrogen-bond acceptors (Lipinski definition) is 3. The number of hydrogen-bond donors (Lipinski definition) is 1. The van der Waals surface area contributed by atoms with Crippen LogP contribution < -0.4 is 5.32 Å². The summed E-state index contributed by atoms with van der Waals surface area (Å²) in [6.45, 7) is 0.247. The van der Waals surface area contributed by atoms with Crippen molar-refractivity contribution < 1.29 is 22.8 Å². The van der Waals surface area contributed by atoms with Crippen molar-refractivity contribution in [2.24, 2.45) is 10.4 Å². The Bertz CT molecular complexity index is 1270. The van der Waals surface area contributed by atoms with Crippen molar-refractivity contribution >= 4 is 40.7 Å². The van der Waals surface area contributed by atoms with Gasteiger partial charge < -0.3 is 10.2 Å². The van der Waals surface area contributed by atoms with E-state index in [1.165, 1.54) is 12.1 Å². The second-order valence-electron chi connectivity index (χ2n) is 8.78. The van der Waals surface area contributed by atoms with Gasteiger partial charge in [0.1, 0.15) is 6.54 Å². The zero-order chi connectivity index (χ0) is 26.1. The standard InChI is InChI=1S/C26H22Cl2F3N3O2/c1-25-12-6-5-9-20(25)34(15-26(29,30)31)24(36)23(33-22(25)16-7-3-2-4-8-16)32-21(35)13-17-10-11-18(27)14-19(17)28/h2-11,14,23H,12-13,15H2,1H3,(H,32,35). The molecule has 1 aliphatic carbocycles. The molecule has 2 atom stereocenters. The highest BCUT2D eigenvalue weighted by molar-refractivity contribution is 6.35. The second kappa shape index (κ2) is 10.1. The minimum atomic E-state index is -4.67. The van der Waals surface area contributed by atoms with Crippen LogP contribution in [0.3, 0.4) is 0 Å². The van der Waals surface area contributed by atoms with Gasteiger partial charge in [0.25, 0.3) is 5.91 Å². The summed E-state index contributed by atoms with van der Waals surface area (Å²) in [5.41, 5.74) is 0.643. The number of benzene rings is 2. The molecule has 188 valence electrons. The van der Waals surface area contributed by atoms with Crippen molar-refractivity contribution in [3.8, 4) is 0 Å². The first kappa shape index (κ1) is 26.0. The number of carbonyl (C=O) groups is 2. The average Bonchev–Trinajstić information content (AvgIpc) is 2.89. The molecule has 2 amide bonds. The Hall–Kier alpha value is -3.10. The molecule has 1 N–H and O–H groups in total. The third-order valence-corrected chi connectivity index (χ3v) is 6.69. The highest BCUT2D eigenvalue weighted by Gasteiger charge is 2.48. The Kier molecular flexibility index (Phi) is 7.29. The van der Waals surface area contributed by atoms with E-state index in [-0.39, 0.29) is 17.1 Å². The molecule has 2 unspecified atom stereocenters. The number of amides is 2. The van der Waals surface area contributed by atoms with Gasteiger partial charge in [-0.15, -0.1) is 0 Å². The van der Waals surface area contributed by atoms with Crippen LogP contribution in [0.1, 0.15) is 24.5 Å². The molecule has 1 aliphatic heterocycles. The molecule has 0 spiro atoms. The van der Waals surface area contributed by atoms with E-state index >= 15 is 0 Å². The van der Waals surface area contributed by atoms with Crippen LogP contribution in [-0.4, -0.2) is 41.3 Å². The second-order valence-corrected chi connectivity index (χ2v) is 9.63. The SMILES string of the molecule is CC12CC=CC=C1N(CC(F)(F)F)C(=O)C(NC(=O)Cc1ccc(Cl)cc1Cl)N=C2c1ccccc1. The Balaban J connectivity index is 1.76. The van der Waals surface area contributed by atoms with E-state index in [2.05, 4.69) is 10.3 Å². The summed E-state index contributed by atoms with van der Waals surface area (Å²) in [6, 6.07) is 13.5. The van der Waals surface area contributed by atoms with E-state index in [4.69, 9.17) is 23.2 Å². The smallest absolute Gasteiger partial charge is 0.326 e. The summed E-state index contributed by atoms with van der Waals surface area (Å²) in [4.78, 5) is 31.7. The van der Waals surface area contributed by atoms with Crippen LogP contribution in [-0.2, 0) is 16.0 Å². The maximum Gasteiger partial charge on any atom is 0.406 e. The van der Waals surface area contributed by atoms with Gasteiger partial charge in [-0.25, -0.2) is 0 Å². The molecule has 0 saturated heterocycles. The predicted octanol–water partition coefficient (Wildman–Crippen LogP) is 5.72. The van der Waals surface area contributed by atoms with Crippen molar-refractivity contribution in [1.82, 2.24) is 10.2 Å². The summed E-state index contributed by atoms with van der Waals surface area (Å²) in [6.07, 6.45) is -1.17. The molecule has 2 aromatic carbocycles. The molecule has 10 heteroatoms. The number of halogens is 5. The lowest BCUT2D eigenvalue weighted by molar-refractivity contribution is -0.159. The normalized spacial score (nSPS) is 21.9. The number of nitrogens with zero attached hydrogens (tertiary/aromatic N) is 2. The molecular weight excluding hydrogens is 514 g/mol. The highest BCUT2D eigenvalue weighted by atomic mass is 35.5. The average molecular weight is 536 g/mol. The molecular formula is C26H22Cl2F3N3O2. The van der Waals surface area contributed by atoms with E-state index in [9.17, 15) is 22.8 Å². The van der Waals surface area contributed by atoms with Gasteiger partial charge >= 0.3 is 6.18 Å². The van der Waals surface area contributed by atoms with E-state index < -0.39 is 36.1 Å². The van der Waals surface area contributed by atoms with Crippen LogP contribution in [0.5, 0.6) is 0 Å². The lowest BCUT2D eigenvalue weighted by Gasteiger charge is -2.38. The molecule has 0 saturated carbocycles. The van der Waals surface area contributed by atoms with Gasteiger partial charge in [-0.1, -0.05) is 71.8 Å².